The number of halogens is 1. The van der Waals surface area contributed by atoms with Gasteiger partial charge in [0.05, 0.1) is 16.4 Å². The molecule has 0 amide bonds. The molecule has 1 saturated carbocycles. The monoisotopic (exact) mass is 329 g/mol. The Labute approximate surface area is 123 Å². The zero-order valence-corrected chi connectivity index (χ0v) is 13.6. The Hall–Kier alpha value is -0.390. The molecule has 0 aromatic carbocycles. The van der Waals surface area contributed by atoms with Crippen LogP contribution >= 0.6 is 15.9 Å². The first-order valence-electron chi connectivity index (χ1n) is 7.17. The van der Waals surface area contributed by atoms with Crippen molar-refractivity contribution < 1.29 is 5.11 Å². The lowest BCUT2D eigenvalue weighted by molar-refractivity contribution is -0.0174. The topological polar surface area (TPSA) is 50.1 Å². The van der Waals surface area contributed by atoms with Crippen LogP contribution in [0.25, 0.3) is 0 Å². The molecule has 1 aliphatic rings. The number of nitrogens with zero attached hydrogens (tertiary/aromatic N) is 2. The van der Waals surface area contributed by atoms with Gasteiger partial charge in [-0.05, 0) is 62.0 Å². The standard InChI is InChI=1S/C14H24BrN3O/c1-4-16-11-5-7-14(19,8-6-11)13-12(15)9-17-18(13)10(2)3/h9-11,16,19H,4-8H2,1-3H3. The molecule has 19 heavy (non-hydrogen) atoms. The second-order valence-corrected chi connectivity index (χ2v) is 6.60. The van der Waals surface area contributed by atoms with E-state index in [1.54, 1.807) is 6.20 Å². The Morgan fingerprint density at radius 1 is 1.53 bits per heavy atom. The first-order chi connectivity index (χ1) is 8.98. The minimum atomic E-state index is -0.745. The van der Waals surface area contributed by atoms with E-state index in [0.717, 1.165) is 42.4 Å². The fraction of sp³-hybridized carbons (Fsp3) is 0.786. The first-order valence-corrected chi connectivity index (χ1v) is 7.96. The highest BCUT2D eigenvalue weighted by Gasteiger charge is 2.39. The summed E-state index contributed by atoms with van der Waals surface area (Å²) in [6, 6.07) is 0.802. The minimum absolute atomic E-state index is 0.261. The summed E-state index contributed by atoms with van der Waals surface area (Å²) in [6.07, 6.45) is 5.41. The second-order valence-electron chi connectivity index (χ2n) is 5.74. The molecular weight excluding hydrogens is 306 g/mol. The van der Waals surface area contributed by atoms with Gasteiger partial charge in [-0.1, -0.05) is 6.92 Å². The summed E-state index contributed by atoms with van der Waals surface area (Å²) in [5.41, 5.74) is 0.198. The molecule has 0 radical (unpaired) electrons. The molecule has 1 aromatic heterocycles. The summed E-state index contributed by atoms with van der Waals surface area (Å²) in [5.74, 6) is 0. The predicted molar refractivity (Wildman–Crippen MR) is 80.1 cm³/mol. The van der Waals surface area contributed by atoms with Crippen molar-refractivity contribution in [3.63, 3.8) is 0 Å². The second kappa shape index (κ2) is 5.94. The van der Waals surface area contributed by atoms with Crippen LogP contribution in [0.4, 0.5) is 0 Å². The molecule has 0 atom stereocenters. The third kappa shape index (κ3) is 3.03. The number of hydrogen-bond acceptors (Lipinski definition) is 3. The third-order valence-corrected chi connectivity index (χ3v) is 4.57. The van der Waals surface area contributed by atoms with Gasteiger partial charge in [0.2, 0.25) is 0 Å². The number of hydrogen-bond donors (Lipinski definition) is 2. The minimum Gasteiger partial charge on any atom is -0.384 e. The Bertz CT molecular complexity index is 422. The summed E-state index contributed by atoms with van der Waals surface area (Å²) in [4.78, 5) is 0. The van der Waals surface area contributed by atoms with Crippen LogP contribution in [0.15, 0.2) is 10.7 Å². The number of aliphatic hydroxyl groups is 1. The van der Waals surface area contributed by atoms with E-state index >= 15 is 0 Å². The van der Waals surface area contributed by atoms with Crippen molar-refractivity contribution in [2.45, 2.75) is 64.1 Å². The molecule has 1 fully saturated rings. The molecule has 0 unspecified atom stereocenters. The Kier molecular flexibility index (Phi) is 4.69. The summed E-state index contributed by atoms with van der Waals surface area (Å²) in [6.45, 7) is 7.31. The number of rotatable bonds is 4. The molecule has 2 N–H and O–H groups in total. The Balaban J connectivity index is 2.20. The van der Waals surface area contributed by atoms with Crippen molar-refractivity contribution in [2.24, 2.45) is 0 Å². The van der Waals surface area contributed by atoms with Gasteiger partial charge in [-0.15, -0.1) is 0 Å². The number of aromatic nitrogens is 2. The van der Waals surface area contributed by atoms with Gasteiger partial charge in [0, 0.05) is 12.1 Å². The van der Waals surface area contributed by atoms with Crippen LogP contribution in [0.3, 0.4) is 0 Å². The molecule has 108 valence electrons. The van der Waals surface area contributed by atoms with Crippen LogP contribution in [0.5, 0.6) is 0 Å². The van der Waals surface area contributed by atoms with E-state index in [2.05, 4.69) is 47.1 Å². The normalized spacial score (nSPS) is 28.0. The van der Waals surface area contributed by atoms with E-state index in [0.29, 0.717) is 6.04 Å². The van der Waals surface area contributed by atoms with Gasteiger partial charge in [0.25, 0.3) is 0 Å². The molecule has 4 nitrogen and oxygen atoms in total. The van der Waals surface area contributed by atoms with Crippen LogP contribution in [-0.4, -0.2) is 27.5 Å². The maximum atomic E-state index is 11.0. The van der Waals surface area contributed by atoms with Crippen molar-refractivity contribution in [3.8, 4) is 0 Å². The molecule has 5 heteroatoms. The van der Waals surface area contributed by atoms with Crippen molar-refractivity contribution in [1.82, 2.24) is 15.1 Å². The highest BCUT2D eigenvalue weighted by Crippen LogP contribution is 2.41. The third-order valence-electron chi connectivity index (χ3n) is 3.99. The average molecular weight is 330 g/mol. The van der Waals surface area contributed by atoms with Gasteiger partial charge in [0.15, 0.2) is 0 Å². The fourth-order valence-electron chi connectivity index (χ4n) is 2.99. The highest BCUT2D eigenvalue weighted by atomic mass is 79.9. The van der Waals surface area contributed by atoms with Crippen molar-refractivity contribution in [2.75, 3.05) is 6.54 Å². The largest absolute Gasteiger partial charge is 0.384 e. The molecular formula is C14H24BrN3O. The maximum Gasteiger partial charge on any atom is 0.107 e. The molecule has 1 heterocycles. The smallest absolute Gasteiger partial charge is 0.107 e. The molecule has 0 saturated heterocycles. The lowest BCUT2D eigenvalue weighted by Crippen LogP contribution is -2.41. The molecule has 0 aliphatic heterocycles. The van der Waals surface area contributed by atoms with Gasteiger partial charge in [-0.2, -0.15) is 5.10 Å². The number of nitrogens with one attached hydrogen (secondary N) is 1. The van der Waals surface area contributed by atoms with E-state index in [9.17, 15) is 5.11 Å². The van der Waals surface area contributed by atoms with Gasteiger partial charge < -0.3 is 10.4 Å². The van der Waals surface area contributed by atoms with Crippen molar-refractivity contribution >= 4 is 15.9 Å². The van der Waals surface area contributed by atoms with E-state index in [1.165, 1.54) is 0 Å². The molecule has 2 rings (SSSR count). The molecule has 1 aliphatic carbocycles. The summed E-state index contributed by atoms with van der Waals surface area (Å²) >= 11 is 3.54. The molecule has 0 bridgehead atoms. The van der Waals surface area contributed by atoms with Gasteiger partial charge in [-0.3, -0.25) is 4.68 Å². The van der Waals surface area contributed by atoms with E-state index in [-0.39, 0.29) is 6.04 Å². The van der Waals surface area contributed by atoms with E-state index in [4.69, 9.17) is 0 Å². The van der Waals surface area contributed by atoms with Crippen LogP contribution in [0.1, 0.15) is 58.2 Å². The highest BCUT2D eigenvalue weighted by molar-refractivity contribution is 9.10. The molecule has 1 aromatic rings. The summed E-state index contributed by atoms with van der Waals surface area (Å²) < 4.78 is 2.86. The summed E-state index contributed by atoms with van der Waals surface area (Å²) in [5, 5.41) is 18.9. The average Bonchev–Trinajstić information content (AvgIpc) is 2.76. The van der Waals surface area contributed by atoms with Gasteiger partial charge >= 0.3 is 0 Å². The van der Waals surface area contributed by atoms with E-state index in [1.807, 2.05) is 4.68 Å². The van der Waals surface area contributed by atoms with E-state index < -0.39 is 5.60 Å². The zero-order chi connectivity index (χ0) is 14.0. The van der Waals surface area contributed by atoms with Crippen LogP contribution in [-0.2, 0) is 5.60 Å². The van der Waals surface area contributed by atoms with Gasteiger partial charge in [0.1, 0.15) is 5.60 Å². The van der Waals surface area contributed by atoms with Crippen molar-refractivity contribution in [1.29, 1.82) is 0 Å². The fourth-order valence-corrected chi connectivity index (χ4v) is 3.64. The predicted octanol–water partition coefficient (Wildman–Crippen LogP) is 2.97. The van der Waals surface area contributed by atoms with Gasteiger partial charge in [-0.25, -0.2) is 0 Å². The SMILES string of the molecule is CCNC1CCC(O)(c2c(Br)cnn2C(C)C)CC1. The quantitative estimate of drug-likeness (QED) is 0.892. The van der Waals surface area contributed by atoms with Crippen LogP contribution < -0.4 is 5.32 Å². The zero-order valence-electron chi connectivity index (χ0n) is 12.0. The van der Waals surface area contributed by atoms with Crippen LogP contribution in [0, 0.1) is 0 Å². The maximum absolute atomic E-state index is 11.0. The first kappa shape index (κ1) is 15.0. The molecule has 0 spiro atoms. The van der Waals surface area contributed by atoms with Crippen molar-refractivity contribution in [3.05, 3.63) is 16.4 Å². The lowest BCUT2D eigenvalue weighted by atomic mass is 9.80. The Morgan fingerprint density at radius 3 is 2.68 bits per heavy atom. The summed E-state index contributed by atoms with van der Waals surface area (Å²) in [7, 11) is 0. The Morgan fingerprint density at radius 2 is 2.16 bits per heavy atom. The van der Waals surface area contributed by atoms with Crippen LogP contribution in [0.2, 0.25) is 0 Å². The lowest BCUT2D eigenvalue weighted by Gasteiger charge is -2.37.